The van der Waals surface area contributed by atoms with E-state index in [9.17, 15) is 5.11 Å². The van der Waals surface area contributed by atoms with Gasteiger partial charge in [0.05, 0.1) is 19.4 Å². The van der Waals surface area contributed by atoms with Crippen molar-refractivity contribution in [2.24, 2.45) is 0 Å². The number of hydrogen-bond acceptors (Lipinski definition) is 4. The lowest BCUT2D eigenvalue weighted by Crippen LogP contribution is -2.21. The Kier molecular flexibility index (Phi) is 9.49. The third kappa shape index (κ3) is 6.92. The summed E-state index contributed by atoms with van der Waals surface area (Å²) in [5, 5.41) is 17.4. The molecule has 0 aliphatic heterocycles. The second-order valence-corrected chi connectivity index (χ2v) is 9.23. The van der Waals surface area contributed by atoms with Gasteiger partial charge in [0, 0.05) is 18.8 Å². The highest BCUT2D eigenvalue weighted by Gasteiger charge is 2.09. The number of nitrogens with zero attached hydrogens (tertiary/aromatic N) is 1. The fourth-order valence-electron chi connectivity index (χ4n) is 4.61. The summed E-state index contributed by atoms with van der Waals surface area (Å²) in [4.78, 5) is 2.33. The van der Waals surface area contributed by atoms with Gasteiger partial charge in [-0.2, -0.15) is 0 Å². The SMILES string of the molecule is CCN(CC)c1ccc(C(=CC=CC(=C2C=CC(=N)C=C2)c2ccc(OC)cc2)c2ccc(CO)cc2)cc1. The number of rotatable bonds is 10. The number of aliphatic hydroxyl groups is 1. The minimum absolute atomic E-state index is 0.0229. The van der Waals surface area contributed by atoms with E-state index in [-0.39, 0.29) is 6.61 Å². The maximum absolute atomic E-state index is 9.53. The zero-order valence-electron chi connectivity index (χ0n) is 22.9. The molecule has 39 heavy (non-hydrogen) atoms. The summed E-state index contributed by atoms with van der Waals surface area (Å²) < 4.78 is 5.35. The first kappa shape index (κ1) is 27.6. The molecular weight excluding hydrogens is 480 g/mol. The molecule has 0 saturated heterocycles. The van der Waals surface area contributed by atoms with Gasteiger partial charge >= 0.3 is 0 Å². The smallest absolute Gasteiger partial charge is 0.118 e. The van der Waals surface area contributed by atoms with Gasteiger partial charge < -0.3 is 20.2 Å². The van der Waals surface area contributed by atoms with Crippen molar-refractivity contribution in [3.05, 3.63) is 143 Å². The Morgan fingerprint density at radius 1 is 0.795 bits per heavy atom. The zero-order chi connectivity index (χ0) is 27.6. The molecule has 0 radical (unpaired) electrons. The molecule has 0 bridgehead atoms. The molecule has 4 nitrogen and oxygen atoms in total. The lowest BCUT2D eigenvalue weighted by atomic mass is 9.94. The molecule has 3 aromatic carbocycles. The summed E-state index contributed by atoms with van der Waals surface area (Å²) in [6.45, 7) is 6.30. The molecule has 0 atom stereocenters. The number of benzene rings is 3. The van der Waals surface area contributed by atoms with Gasteiger partial charge in [-0.25, -0.2) is 0 Å². The van der Waals surface area contributed by atoms with Crippen LogP contribution in [0.1, 0.15) is 36.1 Å². The van der Waals surface area contributed by atoms with Crippen LogP contribution < -0.4 is 9.64 Å². The number of methoxy groups -OCH3 is 1. The van der Waals surface area contributed by atoms with Gasteiger partial charge in [-0.05, 0) is 89.2 Å². The average molecular weight is 517 g/mol. The number of anilines is 1. The normalized spacial score (nSPS) is 13.3. The highest BCUT2D eigenvalue weighted by molar-refractivity contribution is 6.04. The summed E-state index contributed by atoms with van der Waals surface area (Å²) in [7, 11) is 1.67. The van der Waals surface area contributed by atoms with Gasteiger partial charge in [0.1, 0.15) is 5.75 Å². The molecule has 4 rings (SSSR count). The maximum Gasteiger partial charge on any atom is 0.118 e. The first-order valence-electron chi connectivity index (χ1n) is 13.3. The second-order valence-electron chi connectivity index (χ2n) is 9.23. The van der Waals surface area contributed by atoms with Crippen LogP contribution in [0.15, 0.2) is 121 Å². The topological polar surface area (TPSA) is 56.6 Å². The third-order valence-electron chi connectivity index (χ3n) is 6.88. The van der Waals surface area contributed by atoms with E-state index in [4.69, 9.17) is 10.1 Å². The Morgan fingerprint density at radius 3 is 1.90 bits per heavy atom. The van der Waals surface area contributed by atoms with E-state index >= 15 is 0 Å². The van der Waals surface area contributed by atoms with Gasteiger partial charge in [0.2, 0.25) is 0 Å². The van der Waals surface area contributed by atoms with Crippen LogP contribution in [-0.4, -0.2) is 31.0 Å². The standard InChI is InChI=1S/C35H36N2O2/c1-4-37(5-2)32-21-15-29(16-22-32)34(27-11-9-26(25-38)10-12-27)7-6-8-35(28-13-19-31(36)20-14-28)30-17-23-33(39-3)24-18-30/h6-24,36,38H,4-5,25H2,1-3H3. The number of ether oxygens (including phenoxy) is 1. The van der Waals surface area contributed by atoms with E-state index < -0.39 is 0 Å². The van der Waals surface area contributed by atoms with Crippen LogP contribution in [0.3, 0.4) is 0 Å². The average Bonchev–Trinajstić information content (AvgIpc) is 2.99. The van der Waals surface area contributed by atoms with Crippen LogP contribution in [0.4, 0.5) is 5.69 Å². The van der Waals surface area contributed by atoms with Crippen molar-refractivity contribution in [2.45, 2.75) is 20.5 Å². The van der Waals surface area contributed by atoms with Gasteiger partial charge in [-0.3, -0.25) is 0 Å². The molecule has 0 fully saturated rings. The Bertz CT molecular complexity index is 1400. The van der Waals surface area contributed by atoms with Crippen LogP contribution >= 0.6 is 0 Å². The van der Waals surface area contributed by atoms with Crippen molar-refractivity contribution in [2.75, 3.05) is 25.1 Å². The molecule has 0 amide bonds. The van der Waals surface area contributed by atoms with Gasteiger partial charge in [0.25, 0.3) is 0 Å². The zero-order valence-corrected chi connectivity index (χ0v) is 22.9. The van der Waals surface area contributed by atoms with Gasteiger partial charge in [-0.1, -0.05) is 78.9 Å². The van der Waals surface area contributed by atoms with Crippen LogP contribution in [0.25, 0.3) is 11.1 Å². The summed E-state index contributed by atoms with van der Waals surface area (Å²) >= 11 is 0. The molecule has 0 spiro atoms. The summed E-state index contributed by atoms with van der Waals surface area (Å²) in [6, 6.07) is 24.8. The van der Waals surface area contributed by atoms with Crippen molar-refractivity contribution in [3.63, 3.8) is 0 Å². The van der Waals surface area contributed by atoms with Crippen molar-refractivity contribution in [3.8, 4) is 5.75 Å². The number of aliphatic hydroxyl groups excluding tert-OH is 1. The predicted molar refractivity (Wildman–Crippen MR) is 165 cm³/mol. The Labute approximate surface area is 232 Å². The molecule has 0 unspecified atom stereocenters. The fraction of sp³-hybridized carbons (Fsp3) is 0.171. The molecular formula is C35H36N2O2. The van der Waals surface area contributed by atoms with E-state index in [1.54, 1.807) is 7.11 Å². The van der Waals surface area contributed by atoms with Gasteiger partial charge in [0.15, 0.2) is 0 Å². The van der Waals surface area contributed by atoms with E-state index in [0.29, 0.717) is 5.71 Å². The fourth-order valence-corrected chi connectivity index (χ4v) is 4.61. The first-order chi connectivity index (χ1) is 19.1. The van der Waals surface area contributed by atoms with Crippen LogP contribution in [-0.2, 0) is 6.61 Å². The van der Waals surface area contributed by atoms with Crippen LogP contribution in [0.5, 0.6) is 5.75 Å². The van der Waals surface area contributed by atoms with Crippen molar-refractivity contribution < 1.29 is 9.84 Å². The maximum atomic E-state index is 9.53. The molecule has 1 aliphatic rings. The van der Waals surface area contributed by atoms with Crippen molar-refractivity contribution >= 4 is 22.5 Å². The minimum Gasteiger partial charge on any atom is -0.497 e. The van der Waals surface area contributed by atoms with Crippen molar-refractivity contribution in [1.82, 2.24) is 0 Å². The minimum atomic E-state index is 0.0229. The summed E-state index contributed by atoms with van der Waals surface area (Å²) in [5.74, 6) is 0.810. The monoisotopic (exact) mass is 516 g/mol. The Hall–Kier alpha value is -4.41. The Balaban J connectivity index is 1.76. The lowest BCUT2D eigenvalue weighted by Gasteiger charge is -2.21. The number of nitrogens with one attached hydrogen (secondary N) is 1. The number of hydrogen-bond donors (Lipinski definition) is 2. The first-order valence-corrected chi connectivity index (χ1v) is 13.3. The molecule has 0 saturated carbocycles. The second kappa shape index (κ2) is 13.4. The predicted octanol–water partition coefficient (Wildman–Crippen LogP) is 7.62. The highest BCUT2D eigenvalue weighted by atomic mass is 16.5. The molecule has 3 aromatic rings. The third-order valence-corrected chi connectivity index (χ3v) is 6.88. The quantitative estimate of drug-likeness (QED) is 0.273. The molecule has 4 heteroatoms. The number of allylic oxidation sites excluding steroid dienone is 9. The largest absolute Gasteiger partial charge is 0.497 e. The van der Waals surface area contributed by atoms with E-state index in [1.165, 1.54) is 5.69 Å². The van der Waals surface area contributed by atoms with Gasteiger partial charge in [-0.15, -0.1) is 0 Å². The van der Waals surface area contributed by atoms with E-state index in [2.05, 4.69) is 85.5 Å². The Morgan fingerprint density at radius 2 is 1.36 bits per heavy atom. The molecule has 0 heterocycles. The van der Waals surface area contributed by atoms with Crippen LogP contribution in [0, 0.1) is 5.41 Å². The van der Waals surface area contributed by atoms with E-state index in [0.717, 1.165) is 57.8 Å². The van der Waals surface area contributed by atoms with Crippen LogP contribution in [0.2, 0.25) is 0 Å². The highest BCUT2D eigenvalue weighted by Crippen LogP contribution is 2.29. The molecule has 0 aromatic heterocycles. The van der Waals surface area contributed by atoms with Crippen molar-refractivity contribution in [1.29, 1.82) is 5.41 Å². The molecule has 1 aliphatic carbocycles. The lowest BCUT2D eigenvalue weighted by molar-refractivity contribution is 0.282. The molecule has 198 valence electrons. The van der Waals surface area contributed by atoms with E-state index in [1.807, 2.05) is 48.6 Å². The summed E-state index contributed by atoms with van der Waals surface area (Å²) in [5.41, 5.74) is 9.04. The molecule has 2 N–H and O–H groups in total. The summed E-state index contributed by atoms with van der Waals surface area (Å²) in [6.07, 6.45) is 13.9.